The predicted octanol–water partition coefficient (Wildman–Crippen LogP) is 0.838. The van der Waals surface area contributed by atoms with Crippen molar-refractivity contribution in [2.24, 2.45) is 5.73 Å². The molecule has 0 unspecified atom stereocenters. The van der Waals surface area contributed by atoms with Crippen LogP contribution in [0.4, 0.5) is 0 Å². The van der Waals surface area contributed by atoms with Gasteiger partial charge in [-0.1, -0.05) is 0 Å². The van der Waals surface area contributed by atoms with Crippen molar-refractivity contribution in [2.45, 2.75) is 6.54 Å². The second kappa shape index (κ2) is 7.78. The molecule has 4 N–H and O–H groups in total. The summed E-state index contributed by atoms with van der Waals surface area (Å²) < 4.78 is 5.35. The van der Waals surface area contributed by atoms with Crippen molar-refractivity contribution < 1.29 is 9.84 Å². The van der Waals surface area contributed by atoms with Crippen molar-refractivity contribution in [3.63, 3.8) is 0 Å². The smallest absolute Gasteiger partial charge is 0.119 e. The number of aromatic amines is 1. The Hall–Kier alpha value is -1.89. The third-order valence-electron chi connectivity index (χ3n) is 3.16. The third kappa shape index (κ3) is 4.29. The van der Waals surface area contributed by atoms with Crippen LogP contribution < -0.4 is 10.5 Å². The molecule has 21 heavy (non-hydrogen) atoms. The van der Waals surface area contributed by atoms with Crippen LogP contribution in [-0.4, -0.2) is 53.6 Å². The maximum Gasteiger partial charge on any atom is 0.119 e. The molecule has 0 fully saturated rings. The van der Waals surface area contributed by atoms with Gasteiger partial charge in [-0.25, -0.2) is 0 Å². The van der Waals surface area contributed by atoms with Gasteiger partial charge in [0.15, 0.2) is 0 Å². The van der Waals surface area contributed by atoms with Crippen molar-refractivity contribution in [1.82, 2.24) is 15.1 Å². The second-order valence-electron chi connectivity index (χ2n) is 4.88. The van der Waals surface area contributed by atoms with Crippen LogP contribution in [0.2, 0.25) is 0 Å². The minimum atomic E-state index is 0.0126. The zero-order valence-electron chi connectivity index (χ0n) is 12.2. The minimum Gasteiger partial charge on any atom is -0.491 e. The van der Waals surface area contributed by atoms with E-state index in [9.17, 15) is 0 Å². The molecular weight excluding hydrogens is 268 g/mol. The van der Waals surface area contributed by atoms with Gasteiger partial charge >= 0.3 is 0 Å². The topological polar surface area (TPSA) is 87.4 Å². The molecule has 0 radical (unpaired) electrons. The molecule has 0 atom stereocenters. The highest BCUT2D eigenvalue weighted by Gasteiger charge is 2.10. The summed E-state index contributed by atoms with van der Waals surface area (Å²) in [6, 6.07) is 7.70. The quantitative estimate of drug-likeness (QED) is 0.670. The van der Waals surface area contributed by atoms with Crippen LogP contribution in [0.25, 0.3) is 11.3 Å². The molecule has 1 heterocycles. The van der Waals surface area contributed by atoms with Crippen LogP contribution >= 0.6 is 0 Å². The first-order valence-electron chi connectivity index (χ1n) is 7.00. The lowest BCUT2D eigenvalue weighted by atomic mass is 10.1. The van der Waals surface area contributed by atoms with Crippen LogP contribution in [0.15, 0.2) is 30.5 Å². The largest absolute Gasteiger partial charge is 0.491 e. The Bertz CT molecular complexity index is 539. The number of benzene rings is 1. The Morgan fingerprint density at radius 2 is 2.10 bits per heavy atom. The number of ether oxygens (including phenoxy) is 1. The van der Waals surface area contributed by atoms with Gasteiger partial charge in [-0.05, 0) is 31.3 Å². The summed E-state index contributed by atoms with van der Waals surface area (Å²) >= 11 is 0. The molecule has 0 bridgehead atoms. The Labute approximate surface area is 124 Å². The molecule has 1 aromatic heterocycles. The maximum atomic E-state index is 8.74. The number of likely N-dealkylation sites (N-methyl/N-ethyl adjacent to an activating group) is 1. The van der Waals surface area contributed by atoms with E-state index in [0.29, 0.717) is 13.2 Å². The highest BCUT2D eigenvalue weighted by Crippen LogP contribution is 2.24. The van der Waals surface area contributed by atoms with Crippen LogP contribution in [0.3, 0.4) is 0 Å². The number of aliphatic hydroxyl groups excluding tert-OH is 1. The fourth-order valence-electron chi connectivity index (χ4n) is 2.15. The molecule has 0 aliphatic heterocycles. The van der Waals surface area contributed by atoms with Gasteiger partial charge in [0.05, 0.1) is 12.3 Å². The van der Waals surface area contributed by atoms with Gasteiger partial charge in [0, 0.05) is 37.0 Å². The van der Waals surface area contributed by atoms with Crippen molar-refractivity contribution >= 4 is 0 Å². The number of aromatic nitrogens is 2. The average molecular weight is 290 g/mol. The predicted molar refractivity (Wildman–Crippen MR) is 82.0 cm³/mol. The number of hydrogen-bond donors (Lipinski definition) is 3. The lowest BCUT2D eigenvalue weighted by Crippen LogP contribution is -2.25. The van der Waals surface area contributed by atoms with Crippen LogP contribution in [0.5, 0.6) is 5.75 Å². The summed E-state index contributed by atoms with van der Waals surface area (Å²) in [4.78, 5) is 2.16. The zero-order valence-corrected chi connectivity index (χ0v) is 12.2. The van der Waals surface area contributed by atoms with E-state index in [-0.39, 0.29) is 6.61 Å². The van der Waals surface area contributed by atoms with Crippen molar-refractivity contribution in [3.8, 4) is 17.0 Å². The average Bonchev–Trinajstić information content (AvgIpc) is 2.94. The van der Waals surface area contributed by atoms with E-state index in [1.54, 1.807) is 0 Å². The Morgan fingerprint density at radius 3 is 2.76 bits per heavy atom. The number of aliphatic hydroxyl groups is 1. The van der Waals surface area contributed by atoms with E-state index in [2.05, 4.69) is 15.1 Å². The summed E-state index contributed by atoms with van der Waals surface area (Å²) in [5, 5.41) is 16.0. The molecule has 6 heteroatoms. The monoisotopic (exact) mass is 290 g/mol. The highest BCUT2D eigenvalue weighted by atomic mass is 16.5. The van der Waals surface area contributed by atoms with Gasteiger partial charge in [0.1, 0.15) is 12.4 Å². The number of H-pyrrole nitrogens is 1. The Balaban J connectivity index is 2.09. The van der Waals surface area contributed by atoms with E-state index in [0.717, 1.165) is 35.7 Å². The Morgan fingerprint density at radius 1 is 1.33 bits per heavy atom. The van der Waals surface area contributed by atoms with Crippen molar-refractivity contribution in [3.05, 3.63) is 36.0 Å². The highest BCUT2D eigenvalue weighted by molar-refractivity contribution is 5.63. The summed E-state index contributed by atoms with van der Waals surface area (Å²) in [6.07, 6.45) is 1.92. The van der Waals surface area contributed by atoms with E-state index in [4.69, 9.17) is 15.6 Å². The normalized spacial score (nSPS) is 11.0. The van der Waals surface area contributed by atoms with Crippen molar-refractivity contribution in [1.29, 1.82) is 0 Å². The van der Waals surface area contributed by atoms with E-state index in [1.165, 1.54) is 0 Å². The molecule has 2 rings (SSSR count). The molecule has 2 aromatic rings. The van der Waals surface area contributed by atoms with Gasteiger partial charge in [-0.3, -0.25) is 5.10 Å². The first-order chi connectivity index (χ1) is 10.2. The molecule has 0 aliphatic carbocycles. The first-order valence-corrected chi connectivity index (χ1v) is 7.00. The first kappa shape index (κ1) is 15.5. The third-order valence-corrected chi connectivity index (χ3v) is 3.16. The molecular formula is C15H22N4O2. The number of rotatable bonds is 8. The summed E-state index contributed by atoms with van der Waals surface area (Å²) in [6.45, 7) is 2.60. The molecule has 6 nitrogen and oxygen atoms in total. The van der Waals surface area contributed by atoms with Crippen LogP contribution in [-0.2, 0) is 6.54 Å². The fraction of sp³-hybridized carbons (Fsp3) is 0.400. The fourth-order valence-corrected chi connectivity index (χ4v) is 2.15. The zero-order chi connectivity index (χ0) is 15.1. The molecule has 0 saturated carbocycles. The number of nitrogens with zero attached hydrogens (tertiary/aromatic N) is 2. The van der Waals surface area contributed by atoms with Gasteiger partial charge in [0.2, 0.25) is 0 Å². The van der Waals surface area contributed by atoms with E-state index in [1.807, 2.05) is 37.5 Å². The maximum absolute atomic E-state index is 8.74. The lowest BCUT2D eigenvalue weighted by Gasteiger charge is -2.15. The van der Waals surface area contributed by atoms with Crippen molar-refractivity contribution in [2.75, 3.05) is 33.4 Å². The van der Waals surface area contributed by atoms with Crippen LogP contribution in [0, 0.1) is 0 Å². The molecule has 114 valence electrons. The number of nitrogens with one attached hydrogen (secondary N) is 1. The van der Waals surface area contributed by atoms with E-state index >= 15 is 0 Å². The second-order valence-corrected chi connectivity index (χ2v) is 4.88. The SMILES string of the molecule is CN(CCN)Cc1c[nH]nc1-c1ccc(OCCO)cc1. The van der Waals surface area contributed by atoms with Gasteiger partial charge in [0.25, 0.3) is 0 Å². The molecule has 1 aromatic carbocycles. The summed E-state index contributed by atoms with van der Waals surface area (Å²) in [5.41, 5.74) is 8.67. The molecule has 0 aliphatic rings. The van der Waals surface area contributed by atoms with E-state index < -0.39 is 0 Å². The number of hydrogen-bond acceptors (Lipinski definition) is 5. The number of nitrogens with two attached hydrogens (primary N) is 1. The Kier molecular flexibility index (Phi) is 5.74. The summed E-state index contributed by atoms with van der Waals surface area (Å²) in [7, 11) is 2.04. The lowest BCUT2D eigenvalue weighted by molar-refractivity contribution is 0.201. The molecule has 0 spiro atoms. The van der Waals surface area contributed by atoms with Gasteiger partial charge < -0.3 is 20.5 Å². The van der Waals surface area contributed by atoms with Gasteiger partial charge in [-0.15, -0.1) is 0 Å². The van der Waals surface area contributed by atoms with Gasteiger partial charge in [-0.2, -0.15) is 5.10 Å². The standard InChI is InChI=1S/C15H22N4O2/c1-19(7-6-16)11-13-10-17-18-15(13)12-2-4-14(5-3-12)21-9-8-20/h2-5,10,20H,6-9,11,16H2,1H3,(H,17,18). The molecule has 0 saturated heterocycles. The summed E-state index contributed by atoms with van der Waals surface area (Å²) in [5.74, 6) is 0.741. The molecule has 0 amide bonds. The minimum absolute atomic E-state index is 0.0126. The van der Waals surface area contributed by atoms with Crippen LogP contribution in [0.1, 0.15) is 5.56 Å².